The molecule has 1 aliphatic rings. The molecule has 23 heavy (non-hydrogen) atoms. The second-order valence-electron chi connectivity index (χ2n) is 5.63. The van der Waals surface area contributed by atoms with Gasteiger partial charge in [-0.25, -0.2) is 4.98 Å². The third-order valence-corrected chi connectivity index (χ3v) is 5.21. The summed E-state index contributed by atoms with van der Waals surface area (Å²) in [4.78, 5) is 33.1. The van der Waals surface area contributed by atoms with Gasteiger partial charge >= 0.3 is 0 Å². The first-order valence-electron chi connectivity index (χ1n) is 8.28. The lowest BCUT2D eigenvalue weighted by Crippen LogP contribution is -2.34. The van der Waals surface area contributed by atoms with Gasteiger partial charge in [0.1, 0.15) is 5.03 Å². The molecule has 0 bridgehead atoms. The van der Waals surface area contributed by atoms with Crippen LogP contribution in [0.5, 0.6) is 0 Å². The van der Waals surface area contributed by atoms with Gasteiger partial charge in [0, 0.05) is 32.4 Å². The molecule has 2 amide bonds. The number of amides is 2. The molecular weight excluding hydrogens is 310 g/mol. The molecule has 0 N–H and O–H groups in total. The van der Waals surface area contributed by atoms with Gasteiger partial charge in [0.15, 0.2) is 0 Å². The zero-order valence-electron chi connectivity index (χ0n) is 14.1. The van der Waals surface area contributed by atoms with Crippen molar-refractivity contribution >= 4 is 23.6 Å². The molecule has 0 spiro atoms. The second-order valence-corrected chi connectivity index (χ2v) is 6.96. The van der Waals surface area contributed by atoms with Crippen LogP contribution in [-0.2, 0) is 4.79 Å². The zero-order valence-corrected chi connectivity index (χ0v) is 14.9. The Kier molecular flexibility index (Phi) is 6.45. The van der Waals surface area contributed by atoms with Crippen LogP contribution in [0.4, 0.5) is 0 Å². The van der Waals surface area contributed by atoms with E-state index in [4.69, 9.17) is 0 Å². The number of rotatable bonds is 6. The van der Waals surface area contributed by atoms with Crippen molar-refractivity contribution in [3.8, 4) is 0 Å². The largest absolute Gasteiger partial charge is 0.342 e. The van der Waals surface area contributed by atoms with Gasteiger partial charge in [-0.3, -0.25) is 9.59 Å². The standard InChI is InChI=1S/C17H25N3O2S/c1-4-19(5-2)17(22)14-9-8-10-18-15(14)23-13(3)16(21)20-11-6-7-12-20/h8-10,13H,4-7,11-12H2,1-3H3. The van der Waals surface area contributed by atoms with Crippen molar-refractivity contribution in [2.24, 2.45) is 0 Å². The summed E-state index contributed by atoms with van der Waals surface area (Å²) in [6, 6.07) is 3.57. The van der Waals surface area contributed by atoms with Crippen molar-refractivity contribution in [3.05, 3.63) is 23.9 Å². The third-order valence-electron chi connectivity index (χ3n) is 4.11. The number of pyridine rings is 1. The predicted molar refractivity (Wildman–Crippen MR) is 92.6 cm³/mol. The molecule has 1 saturated heterocycles. The molecule has 0 radical (unpaired) electrons. The highest BCUT2D eigenvalue weighted by Gasteiger charge is 2.26. The van der Waals surface area contributed by atoms with Gasteiger partial charge in [0.05, 0.1) is 10.8 Å². The fourth-order valence-electron chi connectivity index (χ4n) is 2.74. The van der Waals surface area contributed by atoms with Gasteiger partial charge in [0.2, 0.25) is 5.91 Å². The van der Waals surface area contributed by atoms with Crippen molar-refractivity contribution in [1.82, 2.24) is 14.8 Å². The van der Waals surface area contributed by atoms with Crippen LogP contribution in [0.3, 0.4) is 0 Å². The first kappa shape index (κ1) is 17.8. The Morgan fingerprint density at radius 1 is 1.30 bits per heavy atom. The molecule has 126 valence electrons. The number of hydrogen-bond acceptors (Lipinski definition) is 4. The molecule has 1 unspecified atom stereocenters. The Balaban J connectivity index is 2.13. The van der Waals surface area contributed by atoms with Crippen LogP contribution in [0.2, 0.25) is 0 Å². The smallest absolute Gasteiger partial charge is 0.256 e. The average Bonchev–Trinajstić information content (AvgIpc) is 3.10. The maximum atomic E-state index is 12.6. The monoisotopic (exact) mass is 335 g/mol. The lowest BCUT2D eigenvalue weighted by molar-refractivity contribution is -0.129. The van der Waals surface area contributed by atoms with Crippen LogP contribution in [0.25, 0.3) is 0 Å². The first-order chi connectivity index (χ1) is 11.1. The van der Waals surface area contributed by atoms with Crippen molar-refractivity contribution in [3.63, 3.8) is 0 Å². The predicted octanol–water partition coefficient (Wildman–Crippen LogP) is 2.67. The SMILES string of the molecule is CCN(CC)C(=O)c1cccnc1SC(C)C(=O)N1CCCC1. The molecule has 5 nitrogen and oxygen atoms in total. The maximum Gasteiger partial charge on any atom is 0.256 e. The number of hydrogen-bond donors (Lipinski definition) is 0. The highest BCUT2D eigenvalue weighted by atomic mass is 32.2. The van der Waals surface area contributed by atoms with Gasteiger partial charge in [-0.05, 0) is 45.7 Å². The van der Waals surface area contributed by atoms with Crippen LogP contribution in [0.1, 0.15) is 44.0 Å². The van der Waals surface area contributed by atoms with Crippen molar-refractivity contribution in [1.29, 1.82) is 0 Å². The number of carbonyl (C=O) groups is 2. The Hall–Kier alpha value is -1.56. The number of carbonyl (C=O) groups excluding carboxylic acids is 2. The van der Waals surface area contributed by atoms with E-state index in [-0.39, 0.29) is 17.1 Å². The fourth-order valence-corrected chi connectivity index (χ4v) is 3.73. The minimum absolute atomic E-state index is 0.0218. The minimum Gasteiger partial charge on any atom is -0.342 e. The molecule has 1 fully saturated rings. The van der Waals surface area contributed by atoms with Gasteiger partial charge in [-0.1, -0.05) is 11.8 Å². The summed E-state index contributed by atoms with van der Waals surface area (Å²) in [6.07, 6.45) is 3.84. The Labute approximate surface area is 142 Å². The number of likely N-dealkylation sites (tertiary alicyclic amines) is 1. The van der Waals surface area contributed by atoms with Crippen molar-refractivity contribution < 1.29 is 9.59 Å². The van der Waals surface area contributed by atoms with E-state index in [1.54, 1.807) is 23.2 Å². The molecule has 1 atom stereocenters. The van der Waals surface area contributed by atoms with Crippen LogP contribution in [0, 0.1) is 0 Å². The van der Waals surface area contributed by atoms with E-state index in [0.717, 1.165) is 25.9 Å². The van der Waals surface area contributed by atoms with Crippen molar-refractivity contribution in [2.75, 3.05) is 26.2 Å². The molecule has 1 aromatic heterocycles. The van der Waals surface area contributed by atoms with Gasteiger partial charge in [-0.2, -0.15) is 0 Å². The zero-order chi connectivity index (χ0) is 16.8. The van der Waals surface area contributed by atoms with Crippen molar-refractivity contribution in [2.45, 2.75) is 43.9 Å². The van der Waals surface area contributed by atoms with E-state index in [1.807, 2.05) is 25.7 Å². The summed E-state index contributed by atoms with van der Waals surface area (Å²) in [5, 5.41) is 0.413. The molecule has 1 aromatic rings. The van der Waals surface area contributed by atoms with E-state index in [1.165, 1.54) is 11.8 Å². The average molecular weight is 335 g/mol. The minimum atomic E-state index is -0.230. The Bertz CT molecular complexity index is 555. The van der Waals surface area contributed by atoms with E-state index in [2.05, 4.69) is 4.98 Å². The van der Waals surface area contributed by atoms with Crippen LogP contribution >= 0.6 is 11.8 Å². The van der Waals surface area contributed by atoms with Gasteiger partial charge in [-0.15, -0.1) is 0 Å². The number of thioether (sulfide) groups is 1. The topological polar surface area (TPSA) is 53.5 Å². The fraction of sp³-hybridized carbons (Fsp3) is 0.588. The highest BCUT2D eigenvalue weighted by Crippen LogP contribution is 2.27. The molecule has 0 aromatic carbocycles. The normalized spacial score (nSPS) is 15.5. The highest BCUT2D eigenvalue weighted by molar-refractivity contribution is 8.00. The van der Waals surface area contributed by atoms with Gasteiger partial charge in [0.25, 0.3) is 5.91 Å². The summed E-state index contributed by atoms with van der Waals surface area (Å²) < 4.78 is 0. The molecule has 6 heteroatoms. The van der Waals surface area contributed by atoms with E-state index >= 15 is 0 Å². The molecule has 2 heterocycles. The number of aromatic nitrogens is 1. The first-order valence-corrected chi connectivity index (χ1v) is 9.16. The molecule has 0 saturated carbocycles. The van der Waals surface area contributed by atoms with E-state index in [9.17, 15) is 9.59 Å². The van der Waals surface area contributed by atoms with E-state index in [0.29, 0.717) is 23.7 Å². The molecule has 2 rings (SSSR count). The molecular formula is C17H25N3O2S. The van der Waals surface area contributed by atoms with Crippen LogP contribution in [0.15, 0.2) is 23.4 Å². The van der Waals surface area contributed by atoms with Gasteiger partial charge < -0.3 is 9.80 Å². The maximum absolute atomic E-state index is 12.6. The van der Waals surface area contributed by atoms with E-state index < -0.39 is 0 Å². The summed E-state index contributed by atoms with van der Waals surface area (Å²) in [7, 11) is 0. The summed E-state index contributed by atoms with van der Waals surface area (Å²) in [5.74, 6) is 0.116. The molecule has 1 aliphatic heterocycles. The quantitative estimate of drug-likeness (QED) is 0.750. The summed E-state index contributed by atoms with van der Waals surface area (Å²) >= 11 is 1.38. The third kappa shape index (κ3) is 4.25. The summed E-state index contributed by atoms with van der Waals surface area (Å²) in [5.41, 5.74) is 0.585. The number of nitrogens with zero attached hydrogens (tertiary/aromatic N) is 3. The lowest BCUT2D eigenvalue weighted by atomic mass is 10.2. The van der Waals surface area contributed by atoms with Crippen LogP contribution < -0.4 is 0 Å². The Morgan fingerprint density at radius 2 is 1.96 bits per heavy atom. The Morgan fingerprint density at radius 3 is 2.57 bits per heavy atom. The second kappa shape index (κ2) is 8.34. The van der Waals surface area contributed by atoms with Crippen LogP contribution in [-0.4, -0.2) is 58.0 Å². The molecule has 0 aliphatic carbocycles. The summed E-state index contributed by atoms with van der Waals surface area (Å²) in [6.45, 7) is 8.83. The lowest BCUT2D eigenvalue weighted by Gasteiger charge is -2.22.